The lowest BCUT2D eigenvalue weighted by Crippen LogP contribution is -2.41. The molecule has 138 valence electrons. The van der Waals surface area contributed by atoms with Crippen molar-refractivity contribution in [2.75, 3.05) is 57.9 Å². The standard InChI is InChI=1S/C19H29N3O3/c1-15(13-21-8-7-18(23)14-21)20(2)17-5-3-16(4-6-17)19(24)22-9-11-25-12-10-22/h3-6,15,18,23H,7-14H2,1-2H3/t15-,18-/m0/s1. The molecule has 3 rings (SSSR count). The highest BCUT2D eigenvalue weighted by atomic mass is 16.5. The third kappa shape index (κ3) is 4.51. The van der Waals surface area contributed by atoms with E-state index >= 15 is 0 Å². The molecule has 2 saturated heterocycles. The van der Waals surface area contributed by atoms with Crippen LogP contribution in [0.25, 0.3) is 0 Å². The number of aliphatic hydroxyl groups is 1. The zero-order valence-corrected chi connectivity index (χ0v) is 15.2. The summed E-state index contributed by atoms with van der Waals surface area (Å²) in [7, 11) is 2.08. The Morgan fingerprint density at radius 2 is 1.96 bits per heavy atom. The number of nitrogens with zero attached hydrogens (tertiary/aromatic N) is 3. The molecule has 0 bridgehead atoms. The van der Waals surface area contributed by atoms with Crippen LogP contribution in [0.3, 0.4) is 0 Å². The van der Waals surface area contributed by atoms with E-state index in [1.54, 1.807) is 0 Å². The first kappa shape index (κ1) is 18.2. The number of carbonyl (C=O) groups is 1. The number of likely N-dealkylation sites (tertiary alicyclic amines) is 1. The van der Waals surface area contributed by atoms with E-state index in [-0.39, 0.29) is 12.0 Å². The van der Waals surface area contributed by atoms with Gasteiger partial charge in [0.1, 0.15) is 0 Å². The smallest absolute Gasteiger partial charge is 0.254 e. The predicted octanol–water partition coefficient (Wildman–Crippen LogP) is 1.05. The number of rotatable bonds is 5. The van der Waals surface area contributed by atoms with Gasteiger partial charge >= 0.3 is 0 Å². The van der Waals surface area contributed by atoms with Crippen LogP contribution in [0, 0.1) is 0 Å². The van der Waals surface area contributed by atoms with Gasteiger partial charge in [0.05, 0.1) is 19.3 Å². The first-order chi connectivity index (χ1) is 12.0. The number of aliphatic hydroxyl groups excluding tert-OH is 1. The quantitative estimate of drug-likeness (QED) is 0.863. The van der Waals surface area contributed by atoms with Gasteiger partial charge in [-0.2, -0.15) is 0 Å². The number of hydrogen-bond donors (Lipinski definition) is 1. The molecule has 1 amide bonds. The average molecular weight is 347 g/mol. The van der Waals surface area contributed by atoms with Gasteiger partial charge in [-0.25, -0.2) is 0 Å². The fourth-order valence-corrected chi connectivity index (χ4v) is 3.52. The molecule has 6 heteroatoms. The molecular weight excluding hydrogens is 318 g/mol. The second-order valence-electron chi connectivity index (χ2n) is 7.11. The van der Waals surface area contributed by atoms with Crippen molar-refractivity contribution in [1.29, 1.82) is 0 Å². The Morgan fingerprint density at radius 1 is 1.28 bits per heavy atom. The van der Waals surface area contributed by atoms with Crippen molar-refractivity contribution in [2.45, 2.75) is 25.5 Å². The highest BCUT2D eigenvalue weighted by Gasteiger charge is 2.23. The fourth-order valence-electron chi connectivity index (χ4n) is 3.52. The van der Waals surface area contributed by atoms with E-state index in [1.807, 2.05) is 29.2 Å². The summed E-state index contributed by atoms with van der Waals surface area (Å²) < 4.78 is 5.30. The Morgan fingerprint density at radius 3 is 2.56 bits per heavy atom. The third-order valence-electron chi connectivity index (χ3n) is 5.25. The highest BCUT2D eigenvalue weighted by Crippen LogP contribution is 2.19. The molecule has 1 N–H and O–H groups in total. The first-order valence-corrected chi connectivity index (χ1v) is 9.15. The average Bonchev–Trinajstić information content (AvgIpc) is 3.06. The van der Waals surface area contributed by atoms with Crippen LogP contribution in [0.5, 0.6) is 0 Å². The van der Waals surface area contributed by atoms with Gasteiger partial charge < -0.3 is 19.6 Å². The number of morpholine rings is 1. The summed E-state index contributed by atoms with van der Waals surface area (Å²) in [5, 5.41) is 9.66. The first-order valence-electron chi connectivity index (χ1n) is 9.15. The van der Waals surface area contributed by atoms with E-state index in [2.05, 4.69) is 23.8 Å². The van der Waals surface area contributed by atoms with E-state index in [0.717, 1.165) is 37.3 Å². The Balaban J connectivity index is 1.58. The van der Waals surface area contributed by atoms with E-state index < -0.39 is 0 Å². The molecule has 6 nitrogen and oxygen atoms in total. The molecule has 2 heterocycles. The van der Waals surface area contributed by atoms with E-state index in [0.29, 0.717) is 32.3 Å². The summed E-state index contributed by atoms with van der Waals surface area (Å²) in [5.74, 6) is 0.0802. The third-order valence-corrected chi connectivity index (χ3v) is 5.25. The van der Waals surface area contributed by atoms with Crippen LogP contribution < -0.4 is 4.90 Å². The number of benzene rings is 1. The minimum atomic E-state index is -0.178. The predicted molar refractivity (Wildman–Crippen MR) is 98.1 cm³/mol. The van der Waals surface area contributed by atoms with E-state index in [4.69, 9.17) is 4.74 Å². The summed E-state index contributed by atoms with van der Waals surface area (Å²) in [6.07, 6.45) is 0.692. The van der Waals surface area contributed by atoms with Gasteiger partial charge in [0.2, 0.25) is 0 Å². The molecular formula is C19H29N3O3. The van der Waals surface area contributed by atoms with Gasteiger partial charge in [0, 0.05) is 57.1 Å². The van der Waals surface area contributed by atoms with Crippen molar-refractivity contribution in [1.82, 2.24) is 9.80 Å². The molecule has 0 spiro atoms. The van der Waals surface area contributed by atoms with Crippen LogP contribution in [0.1, 0.15) is 23.7 Å². The summed E-state index contributed by atoms with van der Waals surface area (Å²) in [4.78, 5) is 18.9. The lowest BCUT2D eigenvalue weighted by atomic mass is 10.1. The van der Waals surface area contributed by atoms with Gasteiger partial charge in [-0.1, -0.05) is 0 Å². The highest BCUT2D eigenvalue weighted by molar-refractivity contribution is 5.94. The number of amides is 1. The lowest BCUT2D eigenvalue weighted by molar-refractivity contribution is 0.0303. The van der Waals surface area contributed by atoms with Crippen LogP contribution in [0.2, 0.25) is 0 Å². The second kappa shape index (κ2) is 8.17. The van der Waals surface area contributed by atoms with Crippen molar-refractivity contribution >= 4 is 11.6 Å². The molecule has 2 atom stereocenters. The zero-order valence-electron chi connectivity index (χ0n) is 15.2. The number of β-amino-alcohol motifs (C(OH)–C–C–N with tert-alkyl or cyclic N) is 1. The number of anilines is 1. The van der Waals surface area contributed by atoms with Crippen LogP contribution in [-0.4, -0.2) is 85.9 Å². The Labute approximate surface area is 150 Å². The molecule has 0 saturated carbocycles. The van der Waals surface area contributed by atoms with Crippen molar-refractivity contribution in [2.24, 2.45) is 0 Å². The Hall–Kier alpha value is -1.63. The number of carbonyl (C=O) groups excluding carboxylic acids is 1. The normalized spacial score (nSPS) is 22.8. The molecule has 0 radical (unpaired) electrons. The second-order valence-corrected chi connectivity index (χ2v) is 7.11. The van der Waals surface area contributed by atoms with Crippen LogP contribution in [0.4, 0.5) is 5.69 Å². The molecule has 2 aliphatic rings. The topological polar surface area (TPSA) is 56.2 Å². The zero-order chi connectivity index (χ0) is 17.8. The minimum absolute atomic E-state index is 0.0802. The van der Waals surface area contributed by atoms with Crippen LogP contribution in [0.15, 0.2) is 24.3 Å². The van der Waals surface area contributed by atoms with Gasteiger partial charge in [0.25, 0.3) is 5.91 Å². The molecule has 2 aliphatic heterocycles. The lowest BCUT2D eigenvalue weighted by Gasteiger charge is -2.31. The van der Waals surface area contributed by atoms with Crippen molar-refractivity contribution in [3.05, 3.63) is 29.8 Å². The number of likely N-dealkylation sites (N-methyl/N-ethyl adjacent to an activating group) is 1. The summed E-state index contributed by atoms with van der Waals surface area (Å²) in [5.41, 5.74) is 1.83. The molecule has 0 aromatic heterocycles. The minimum Gasteiger partial charge on any atom is -0.392 e. The van der Waals surface area contributed by atoms with Gasteiger partial charge in [-0.3, -0.25) is 9.69 Å². The summed E-state index contributed by atoms with van der Waals surface area (Å²) in [6, 6.07) is 8.20. The maximum atomic E-state index is 12.5. The maximum absolute atomic E-state index is 12.5. The summed E-state index contributed by atoms with van der Waals surface area (Å²) >= 11 is 0. The fraction of sp³-hybridized carbons (Fsp3) is 0.632. The molecule has 2 fully saturated rings. The number of ether oxygens (including phenoxy) is 1. The van der Waals surface area contributed by atoms with Gasteiger partial charge in [-0.05, 0) is 37.6 Å². The van der Waals surface area contributed by atoms with Gasteiger partial charge in [0.15, 0.2) is 0 Å². The van der Waals surface area contributed by atoms with E-state index in [1.165, 1.54) is 0 Å². The molecule has 1 aromatic carbocycles. The Bertz CT molecular complexity index is 572. The Kier molecular flexibility index (Phi) is 5.93. The molecule has 25 heavy (non-hydrogen) atoms. The summed E-state index contributed by atoms with van der Waals surface area (Å²) in [6.45, 7) is 7.43. The van der Waals surface area contributed by atoms with E-state index in [9.17, 15) is 9.90 Å². The van der Waals surface area contributed by atoms with Crippen molar-refractivity contribution < 1.29 is 14.6 Å². The van der Waals surface area contributed by atoms with Crippen molar-refractivity contribution in [3.63, 3.8) is 0 Å². The van der Waals surface area contributed by atoms with Gasteiger partial charge in [-0.15, -0.1) is 0 Å². The van der Waals surface area contributed by atoms with Crippen LogP contribution >= 0.6 is 0 Å². The SMILES string of the molecule is C[C@@H](CN1CC[C@H](O)C1)N(C)c1ccc(C(=O)N2CCOCC2)cc1. The molecule has 1 aromatic rings. The maximum Gasteiger partial charge on any atom is 0.254 e. The molecule has 0 aliphatic carbocycles. The van der Waals surface area contributed by atoms with Crippen molar-refractivity contribution in [3.8, 4) is 0 Å². The molecule has 0 unspecified atom stereocenters. The van der Waals surface area contributed by atoms with Crippen LogP contribution in [-0.2, 0) is 4.74 Å². The largest absolute Gasteiger partial charge is 0.392 e. The monoisotopic (exact) mass is 347 g/mol. The number of hydrogen-bond acceptors (Lipinski definition) is 5.